The quantitative estimate of drug-likeness (QED) is 0.266. The maximum Gasteiger partial charge on any atom is 0.338 e. The van der Waals surface area contributed by atoms with Crippen LogP contribution in [0.3, 0.4) is 0 Å². The van der Waals surface area contributed by atoms with E-state index in [0.717, 1.165) is 9.37 Å². The fourth-order valence-corrected chi connectivity index (χ4v) is 3.75. The highest BCUT2D eigenvalue weighted by molar-refractivity contribution is 9.10. The molecule has 6 nitrogen and oxygen atoms in total. The molecule has 31 heavy (non-hydrogen) atoms. The van der Waals surface area contributed by atoms with Gasteiger partial charge in [0.2, 0.25) is 0 Å². The highest BCUT2D eigenvalue weighted by Gasteiger charge is 2.38. The van der Waals surface area contributed by atoms with E-state index in [-0.39, 0.29) is 34.9 Å². The number of para-hydroxylation sites is 1. The standard InChI is InChI=1S/C23H15BrClNO5/c24-15-4-3-5-16(13-15)30-10-11-31-23(29)14-8-9-17-18(12-14)22(28)26(21(17)27)20-7-2-1-6-19(20)25/h1-9,12-13H,10-11H2. The number of carbonyl (C=O) groups is 3. The first-order valence-corrected chi connectivity index (χ1v) is 10.5. The lowest BCUT2D eigenvalue weighted by molar-refractivity contribution is 0.0450. The van der Waals surface area contributed by atoms with Crippen LogP contribution in [0, 0.1) is 0 Å². The van der Waals surface area contributed by atoms with E-state index >= 15 is 0 Å². The number of hydrogen-bond donors (Lipinski definition) is 0. The van der Waals surface area contributed by atoms with Crippen LogP contribution in [0.2, 0.25) is 5.02 Å². The summed E-state index contributed by atoms with van der Waals surface area (Å²) in [6.45, 7) is 0.200. The lowest BCUT2D eigenvalue weighted by Crippen LogP contribution is -2.29. The first kappa shape index (κ1) is 21.1. The minimum Gasteiger partial charge on any atom is -0.490 e. The Morgan fingerprint density at radius 1 is 0.903 bits per heavy atom. The topological polar surface area (TPSA) is 72.9 Å². The van der Waals surface area contributed by atoms with Gasteiger partial charge in [0.05, 0.1) is 27.4 Å². The molecular weight excluding hydrogens is 486 g/mol. The van der Waals surface area contributed by atoms with Gasteiger partial charge in [-0.3, -0.25) is 9.59 Å². The molecule has 0 bridgehead atoms. The van der Waals surface area contributed by atoms with E-state index in [9.17, 15) is 14.4 Å². The van der Waals surface area contributed by atoms with Crippen molar-refractivity contribution >= 4 is 51.0 Å². The number of fused-ring (bicyclic) bond motifs is 1. The Labute approximate surface area is 191 Å². The van der Waals surface area contributed by atoms with E-state index in [1.54, 1.807) is 36.4 Å². The van der Waals surface area contributed by atoms with Crippen LogP contribution in [0.25, 0.3) is 0 Å². The van der Waals surface area contributed by atoms with Crippen LogP contribution in [0.1, 0.15) is 31.1 Å². The molecule has 8 heteroatoms. The van der Waals surface area contributed by atoms with Crippen molar-refractivity contribution in [3.63, 3.8) is 0 Å². The Hall–Kier alpha value is -3.16. The number of rotatable bonds is 6. The van der Waals surface area contributed by atoms with Gasteiger partial charge >= 0.3 is 5.97 Å². The van der Waals surface area contributed by atoms with E-state index in [1.807, 2.05) is 12.1 Å². The van der Waals surface area contributed by atoms with Crippen molar-refractivity contribution in [1.82, 2.24) is 0 Å². The van der Waals surface area contributed by atoms with Crippen LogP contribution in [0.5, 0.6) is 5.75 Å². The first-order valence-electron chi connectivity index (χ1n) is 9.28. The van der Waals surface area contributed by atoms with E-state index in [1.165, 1.54) is 18.2 Å². The van der Waals surface area contributed by atoms with Gasteiger partial charge in [0.25, 0.3) is 11.8 Å². The number of nitrogens with zero attached hydrogens (tertiary/aromatic N) is 1. The summed E-state index contributed by atoms with van der Waals surface area (Å²) in [5.74, 6) is -1.00. The third-order valence-corrected chi connectivity index (χ3v) is 5.41. The lowest BCUT2D eigenvalue weighted by atomic mass is 10.1. The fraction of sp³-hybridized carbons (Fsp3) is 0.0870. The molecule has 0 N–H and O–H groups in total. The summed E-state index contributed by atoms with van der Waals surface area (Å²) in [5, 5.41) is 0.280. The van der Waals surface area contributed by atoms with E-state index in [4.69, 9.17) is 21.1 Å². The Morgan fingerprint density at radius 2 is 1.68 bits per heavy atom. The number of imide groups is 1. The summed E-state index contributed by atoms with van der Waals surface area (Å²) in [6.07, 6.45) is 0. The van der Waals surface area contributed by atoms with E-state index < -0.39 is 17.8 Å². The summed E-state index contributed by atoms with van der Waals surface area (Å²) in [4.78, 5) is 39.0. The number of carbonyl (C=O) groups excluding carboxylic acids is 3. The highest BCUT2D eigenvalue weighted by atomic mass is 79.9. The van der Waals surface area contributed by atoms with Gasteiger partial charge in [0.1, 0.15) is 19.0 Å². The molecule has 1 heterocycles. The van der Waals surface area contributed by atoms with Gasteiger partial charge in [-0.2, -0.15) is 0 Å². The molecule has 0 unspecified atom stereocenters. The largest absolute Gasteiger partial charge is 0.490 e. The van der Waals surface area contributed by atoms with Gasteiger partial charge < -0.3 is 9.47 Å². The van der Waals surface area contributed by atoms with Gasteiger partial charge in [-0.05, 0) is 48.5 Å². The number of benzene rings is 3. The minimum atomic E-state index is -0.614. The zero-order valence-corrected chi connectivity index (χ0v) is 18.4. The van der Waals surface area contributed by atoms with Crippen molar-refractivity contribution in [1.29, 1.82) is 0 Å². The van der Waals surface area contributed by atoms with Crippen LogP contribution in [-0.4, -0.2) is 31.0 Å². The number of amides is 2. The summed E-state index contributed by atoms with van der Waals surface area (Å²) in [6, 6.07) is 18.1. The number of esters is 1. The predicted molar refractivity (Wildman–Crippen MR) is 119 cm³/mol. The summed E-state index contributed by atoms with van der Waals surface area (Å²) < 4.78 is 11.6. The van der Waals surface area contributed by atoms with Crippen LogP contribution < -0.4 is 9.64 Å². The maximum absolute atomic E-state index is 12.8. The predicted octanol–water partition coefficient (Wildman–Crippen LogP) is 5.14. The molecular formula is C23H15BrClNO5. The molecule has 3 aromatic rings. The average Bonchev–Trinajstić information content (AvgIpc) is 3.01. The Kier molecular flexibility index (Phi) is 6.06. The SMILES string of the molecule is O=C(OCCOc1cccc(Br)c1)c1ccc2c(c1)C(=O)N(c1ccccc1Cl)C2=O. The van der Waals surface area contributed by atoms with Crippen molar-refractivity contribution in [2.75, 3.05) is 18.1 Å². The number of hydrogen-bond acceptors (Lipinski definition) is 5. The van der Waals surface area contributed by atoms with Crippen molar-refractivity contribution in [2.45, 2.75) is 0 Å². The molecule has 0 saturated carbocycles. The van der Waals surface area contributed by atoms with Gasteiger partial charge in [-0.25, -0.2) is 9.69 Å². The summed E-state index contributed by atoms with van der Waals surface area (Å²) in [5.41, 5.74) is 0.803. The average molecular weight is 501 g/mol. The molecule has 0 saturated heterocycles. The molecule has 1 aliphatic heterocycles. The van der Waals surface area contributed by atoms with Crippen molar-refractivity contribution in [2.24, 2.45) is 0 Å². The summed E-state index contributed by atoms with van der Waals surface area (Å²) >= 11 is 9.50. The molecule has 0 atom stereocenters. The van der Waals surface area contributed by atoms with E-state index in [0.29, 0.717) is 11.4 Å². The normalized spacial score (nSPS) is 12.6. The van der Waals surface area contributed by atoms with Crippen LogP contribution in [0.15, 0.2) is 71.2 Å². The fourth-order valence-electron chi connectivity index (χ4n) is 3.15. The molecule has 0 spiro atoms. The molecule has 1 aliphatic rings. The third kappa shape index (κ3) is 4.33. The Bertz CT molecular complexity index is 1200. The van der Waals surface area contributed by atoms with Gasteiger partial charge in [0.15, 0.2) is 0 Å². The van der Waals surface area contributed by atoms with Gasteiger partial charge in [0, 0.05) is 4.47 Å². The van der Waals surface area contributed by atoms with E-state index in [2.05, 4.69) is 15.9 Å². The monoisotopic (exact) mass is 499 g/mol. The van der Waals surface area contributed by atoms with Crippen LogP contribution in [0.4, 0.5) is 5.69 Å². The lowest BCUT2D eigenvalue weighted by Gasteiger charge is -2.15. The first-order chi connectivity index (χ1) is 15.0. The van der Waals surface area contributed by atoms with Gasteiger partial charge in [-0.1, -0.05) is 45.7 Å². The molecule has 156 valence electrons. The Morgan fingerprint density at radius 3 is 2.45 bits per heavy atom. The molecule has 3 aromatic carbocycles. The molecule has 2 amide bonds. The second-order valence-corrected chi connectivity index (χ2v) is 7.92. The molecule has 0 radical (unpaired) electrons. The highest BCUT2D eigenvalue weighted by Crippen LogP contribution is 2.33. The number of ether oxygens (including phenoxy) is 2. The maximum atomic E-state index is 12.8. The summed E-state index contributed by atoms with van der Waals surface area (Å²) in [7, 11) is 0. The van der Waals surface area contributed by atoms with Crippen LogP contribution >= 0.6 is 27.5 Å². The Balaban J connectivity index is 1.43. The molecule has 0 fully saturated rings. The number of halogens is 2. The molecule has 4 rings (SSSR count). The minimum absolute atomic E-state index is 0.0288. The van der Waals surface area contributed by atoms with Gasteiger partial charge in [-0.15, -0.1) is 0 Å². The molecule has 0 aliphatic carbocycles. The zero-order chi connectivity index (χ0) is 22.0. The third-order valence-electron chi connectivity index (χ3n) is 4.60. The second kappa shape index (κ2) is 8.91. The smallest absolute Gasteiger partial charge is 0.338 e. The number of anilines is 1. The van der Waals surface area contributed by atoms with Crippen LogP contribution in [-0.2, 0) is 4.74 Å². The zero-order valence-electron chi connectivity index (χ0n) is 16.0. The molecule has 0 aromatic heterocycles. The van der Waals surface area contributed by atoms with Crippen molar-refractivity contribution < 1.29 is 23.9 Å². The second-order valence-electron chi connectivity index (χ2n) is 6.60. The van der Waals surface area contributed by atoms with Crippen molar-refractivity contribution in [3.05, 3.63) is 92.9 Å². The van der Waals surface area contributed by atoms with Crippen molar-refractivity contribution in [3.8, 4) is 5.75 Å².